The Kier molecular flexibility index (Phi) is 4.92. The molecule has 3 amide bonds. The van der Waals surface area contributed by atoms with Crippen LogP contribution in [0.15, 0.2) is 18.2 Å². The van der Waals surface area contributed by atoms with E-state index in [0.717, 1.165) is 56.6 Å². The van der Waals surface area contributed by atoms with Crippen molar-refractivity contribution in [2.24, 2.45) is 5.92 Å². The van der Waals surface area contributed by atoms with Crippen molar-refractivity contribution in [1.82, 2.24) is 9.80 Å². The minimum Gasteiger partial charge on any atom is -0.399 e. The molecule has 2 aliphatic heterocycles. The van der Waals surface area contributed by atoms with E-state index in [2.05, 4.69) is 5.32 Å². The minimum absolute atomic E-state index is 0.0254. The average Bonchev–Trinajstić information content (AvgIpc) is 3.12. The molecule has 24 heavy (non-hydrogen) atoms. The van der Waals surface area contributed by atoms with Crippen LogP contribution in [0.3, 0.4) is 0 Å². The monoisotopic (exact) mass is 330 g/mol. The van der Waals surface area contributed by atoms with Crippen LogP contribution in [0.25, 0.3) is 0 Å². The van der Waals surface area contributed by atoms with Gasteiger partial charge in [0.1, 0.15) is 0 Å². The summed E-state index contributed by atoms with van der Waals surface area (Å²) in [5.74, 6) is -0.186. The van der Waals surface area contributed by atoms with Gasteiger partial charge in [0.25, 0.3) is 0 Å². The third-order valence-electron chi connectivity index (χ3n) is 4.96. The lowest BCUT2D eigenvalue weighted by molar-refractivity contribution is -0.121. The molecule has 2 fully saturated rings. The van der Waals surface area contributed by atoms with Crippen molar-refractivity contribution in [2.45, 2.75) is 32.6 Å². The van der Waals surface area contributed by atoms with Crippen LogP contribution >= 0.6 is 0 Å². The molecular weight excluding hydrogens is 304 g/mol. The Morgan fingerprint density at radius 2 is 1.83 bits per heavy atom. The number of likely N-dealkylation sites (tertiary alicyclic amines) is 2. The summed E-state index contributed by atoms with van der Waals surface area (Å²) in [5.41, 5.74) is 8.17. The molecule has 1 atom stereocenters. The van der Waals surface area contributed by atoms with E-state index in [1.807, 2.05) is 28.9 Å². The van der Waals surface area contributed by atoms with Crippen molar-refractivity contribution in [1.29, 1.82) is 0 Å². The molecule has 1 aromatic carbocycles. The predicted molar refractivity (Wildman–Crippen MR) is 94.7 cm³/mol. The fourth-order valence-corrected chi connectivity index (χ4v) is 3.48. The van der Waals surface area contributed by atoms with Crippen molar-refractivity contribution in [3.8, 4) is 0 Å². The van der Waals surface area contributed by atoms with E-state index in [4.69, 9.17) is 5.73 Å². The van der Waals surface area contributed by atoms with E-state index in [9.17, 15) is 9.59 Å². The Hall–Kier alpha value is -2.24. The van der Waals surface area contributed by atoms with E-state index >= 15 is 0 Å². The van der Waals surface area contributed by atoms with Crippen LogP contribution in [0.1, 0.15) is 31.2 Å². The average molecular weight is 330 g/mol. The SMILES string of the molecule is Cc1ccc(N)cc1NC(=O)C1CCCN(C(=O)N2CCCC2)C1. The molecule has 0 aromatic heterocycles. The molecule has 3 N–H and O–H groups in total. The first kappa shape index (κ1) is 16.6. The highest BCUT2D eigenvalue weighted by atomic mass is 16.2. The molecule has 0 aliphatic carbocycles. The zero-order valence-corrected chi connectivity index (χ0v) is 14.3. The first-order valence-corrected chi connectivity index (χ1v) is 8.75. The van der Waals surface area contributed by atoms with Gasteiger partial charge in [0, 0.05) is 37.6 Å². The van der Waals surface area contributed by atoms with Crippen LogP contribution in [-0.4, -0.2) is 47.9 Å². The summed E-state index contributed by atoms with van der Waals surface area (Å²) in [6.07, 6.45) is 3.85. The summed E-state index contributed by atoms with van der Waals surface area (Å²) >= 11 is 0. The van der Waals surface area contributed by atoms with Crippen LogP contribution < -0.4 is 11.1 Å². The van der Waals surface area contributed by atoms with Gasteiger partial charge in [-0.2, -0.15) is 0 Å². The number of nitrogens with one attached hydrogen (secondary N) is 1. The lowest BCUT2D eigenvalue weighted by Gasteiger charge is -2.34. The third-order valence-corrected chi connectivity index (χ3v) is 4.96. The molecule has 2 aliphatic rings. The predicted octanol–water partition coefficient (Wildman–Crippen LogP) is 2.44. The van der Waals surface area contributed by atoms with E-state index in [-0.39, 0.29) is 17.9 Å². The maximum Gasteiger partial charge on any atom is 0.320 e. The fourth-order valence-electron chi connectivity index (χ4n) is 3.48. The molecule has 6 heteroatoms. The molecule has 3 rings (SSSR count). The van der Waals surface area contributed by atoms with Gasteiger partial charge in [-0.25, -0.2) is 4.79 Å². The molecular formula is C18H26N4O2. The summed E-state index contributed by atoms with van der Waals surface area (Å²) in [7, 11) is 0. The number of amides is 3. The Morgan fingerprint density at radius 1 is 1.12 bits per heavy atom. The fraction of sp³-hybridized carbons (Fsp3) is 0.556. The normalized spacial score (nSPS) is 21.0. The van der Waals surface area contributed by atoms with E-state index < -0.39 is 0 Å². The van der Waals surface area contributed by atoms with Gasteiger partial charge in [-0.1, -0.05) is 6.07 Å². The van der Waals surface area contributed by atoms with Crippen LogP contribution in [0.4, 0.5) is 16.2 Å². The van der Waals surface area contributed by atoms with Gasteiger partial charge < -0.3 is 20.9 Å². The van der Waals surface area contributed by atoms with Gasteiger partial charge >= 0.3 is 6.03 Å². The number of nitrogens with zero attached hydrogens (tertiary/aromatic N) is 2. The summed E-state index contributed by atoms with van der Waals surface area (Å²) < 4.78 is 0. The van der Waals surface area contributed by atoms with Crippen molar-refractivity contribution in [2.75, 3.05) is 37.2 Å². The Morgan fingerprint density at radius 3 is 2.58 bits per heavy atom. The summed E-state index contributed by atoms with van der Waals surface area (Å²) in [6, 6.07) is 5.59. The van der Waals surface area contributed by atoms with Crippen molar-refractivity contribution >= 4 is 23.3 Å². The number of carbonyl (C=O) groups excluding carboxylic acids is 2. The van der Waals surface area contributed by atoms with E-state index in [0.29, 0.717) is 12.2 Å². The van der Waals surface area contributed by atoms with Gasteiger partial charge in [-0.15, -0.1) is 0 Å². The molecule has 130 valence electrons. The van der Waals surface area contributed by atoms with E-state index in [1.54, 1.807) is 6.07 Å². The number of benzene rings is 1. The Bertz CT molecular complexity index is 625. The lowest BCUT2D eigenvalue weighted by atomic mass is 9.97. The number of anilines is 2. The van der Waals surface area contributed by atoms with Gasteiger partial charge in [-0.3, -0.25) is 4.79 Å². The maximum absolute atomic E-state index is 12.6. The molecule has 0 saturated carbocycles. The minimum atomic E-state index is -0.161. The number of urea groups is 1. The van der Waals surface area contributed by atoms with Crippen molar-refractivity contribution in [3.05, 3.63) is 23.8 Å². The molecule has 0 radical (unpaired) electrons. The first-order chi connectivity index (χ1) is 11.5. The van der Waals surface area contributed by atoms with Crippen molar-refractivity contribution in [3.63, 3.8) is 0 Å². The number of nitrogens with two attached hydrogens (primary N) is 1. The zero-order valence-electron chi connectivity index (χ0n) is 14.3. The number of nitrogen functional groups attached to an aromatic ring is 1. The molecule has 2 heterocycles. The van der Waals surface area contributed by atoms with Gasteiger partial charge in [0.15, 0.2) is 0 Å². The smallest absolute Gasteiger partial charge is 0.320 e. The van der Waals surface area contributed by atoms with Gasteiger partial charge in [-0.05, 0) is 50.3 Å². The molecule has 2 saturated heterocycles. The van der Waals surface area contributed by atoms with Gasteiger partial charge in [0.2, 0.25) is 5.91 Å². The van der Waals surface area contributed by atoms with Crippen molar-refractivity contribution < 1.29 is 9.59 Å². The summed E-state index contributed by atoms with van der Waals surface area (Å²) in [6.45, 7) is 4.88. The second-order valence-electron chi connectivity index (χ2n) is 6.83. The molecule has 6 nitrogen and oxygen atoms in total. The Labute approximate surface area is 143 Å². The second kappa shape index (κ2) is 7.11. The third kappa shape index (κ3) is 3.63. The highest BCUT2D eigenvalue weighted by Crippen LogP contribution is 2.23. The zero-order chi connectivity index (χ0) is 17.1. The summed E-state index contributed by atoms with van der Waals surface area (Å²) in [4.78, 5) is 28.9. The molecule has 0 bridgehead atoms. The second-order valence-corrected chi connectivity index (χ2v) is 6.83. The van der Waals surface area contributed by atoms with Crippen LogP contribution in [-0.2, 0) is 4.79 Å². The highest BCUT2D eigenvalue weighted by Gasteiger charge is 2.31. The van der Waals surface area contributed by atoms with Crippen LogP contribution in [0, 0.1) is 12.8 Å². The largest absolute Gasteiger partial charge is 0.399 e. The molecule has 1 aromatic rings. The maximum atomic E-state index is 12.6. The number of hydrogen-bond donors (Lipinski definition) is 2. The number of carbonyl (C=O) groups is 2. The number of rotatable bonds is 2. The highest BCUT2D eigenvalue weighted by molar-refractivity contribution is 5.94. The standard InChI is InChI=1S/C18H26N4O2/c1-13-6-7-15(19)11-16(13)20-17(23)14-5-4-10-22(12-14)18(24)21-8-2-3-9-21/h6-7,11,14H,2-5,8-10,12,19H2,1H3,(H,20,23). The topological polar surface area (TPSA) is 78.7 Å². The number of hydrogen-bond acceptors (Lipinski definition) is 3. The first-order valence-electron chi connectivity index (χ1n) is 8.75. The quantitative estimate of drug-likeness (QED) is 0.818. The van der Waals surface area contributed by atoms with Crippen LogP contribution in [0.5, 0.6) is 0 Å². The number of aryl methyl sites for hydroxylation is 1. The van der Waals surface area contributed by atoms with Gasteiger partial charge in [0.05, 0.1) is 5.92 Å². The Balaban J connectivity index is 1.62. The van der Waals surface area contributed by atoms with E-state index in [1.165, 1.54) is 0 Å². The molecule has 1 unspecified atom stereocenters. The molecule has 0 spiro atoms. The lowest BCUT2D eigenvalue weighted by Crippen LogP contribution is -2.48. The van der Waals surface area contributed by atoms with Crippen LogP contribution in [0.2, 0.25) is 0 Å². The summed E-state index contributed by atoms with van der Waals surface area (Å²) in [5, 5.41) is 2.98. The number of piperidine rings is 1.